The van der Waals surface area contributed by atoms with Gasteiger partial charge in [0.1, 0.15) is 17.3 Å². The Hall–Kier alpha value is -3.54. The fourth-order valence-corrected chi connectivity index (χ4v) is 2.55. The number of rotatable bonds is 2. The van der Waals surface area contributed by atoms with Gasteiger partial charge in [0.05, 0.1) is 11.0 Å². The summed E-state index contributed by atoms with van der Waals surface area (Å²) < 4.78 is 0. The molecule has 3 aromatic heterocycles. The molecular formula is C18H13N5O. The van der Waals surface area contributed by atoms with Gasteiger partial charge in [0.25, 0.3) is 5.91 Å². The van der Waals surface area contributed by atoms with Crippen LogP contribution in [0.2, 0.25) is 0 Å². The van der Waals surface area contributed by atoms with Gasteiger partial charge in [-0.1, -0.05) is 30.3 Å². The van der Waals surface area contributed by atoms with Gasteiger partial charge in [-0.25, -0.2) is 9.97 Å². The third-order valence-electron chi connectivity index (χ3n) is 3.68. The molecule has 4 rings (SSSR count). The zero-order valence-corrected chi connectivity index (χ0v) is 12.6. The van der Waals surface area contributed by atoms with E-state index in [-0.39, 0.29) is 5.91 Å². The third kappa shape index (κ3) is 2.50. The number of nitrogens with zero attached hydrogens (tertiary/aromatic N) is 3. The molecule has 0 fully saturated rings. The van der Waals surface area contributed by atoms with Crippen molar-refractivity contribution in [1.82, 2.24) is 15.0 Å². The number of carbonyl (C=O) groups excluding carboxylic acids is 1. The van der Waals surface area contributed by atoms with Gasteiger partial charge in [0.15, 0.2) is 0 Å². The van der Waals surface area contributed by atoms with E-state index in [1.165, 1.54) is 0 Å². The Morgan fingerprint density at radius 1 is 0.875 bits per heavy atom. The smallest absolute Gasteiger partial charge is 0.275 e. The summed E-state index contributed by atoms with van der Waals surface area (Å²) in [5, 5.41) is 4.61. The van der Waals surface area contributed by atoms with Crippen molar-refractivity contribution in [2.75, 3.05) is 11.1 Å². The summed E-state index contributed by atoms with van der Waals surface area (Å²) >= 11 is 0. The lowest BCUT2D eigenvalue weighted by Gasteiger charge is -2.07. The van der Waals surface area contributed by atoms with Crippen LogP contribution in [0.5, 0.6) is 0 Å². The lowest BCUT2D eigenvalue weighted by Crippen LogP contribution is -2.15. The van der Waals surface area contributed by atoms with Crippen LogP contribution in [0.1, 0.15) is 10.5 Å². The van der Waals surface area contributed by atoms with Gasteiger partial charge in [-0.3, -0.25) is 9.78 Å². The Kier molecular flexibility index (Phi) is 3.28. The van der Waals surface area contributed by atoms with Crippen LogP contribution in [0.25, 0.3) is 21.8 Å². The van der Waals surface area contributed by atoms with Gasteiger partial charge in [0, 0.05) is 17.0 Å². The molecule has 0 saturated carbocycles. The predicted molar refractivity (Wildman–Crippen MR) is 93.6 cm³/mol. The topological polar surface area (TPSA) is 93.8 Å². The van der Waals surface area contributed by atoms with Crippen molar-refractivity contribution < 1.29 is 4.79 Å². The second-order valence-electron chi connectivity index (χ2n) is 5.31. The zero-order valence-electron chi connectivity index (χ0n) is 12.6. The lowest BCUT2D eigenvalue weighted by molar-refractivity contribution is 0.102. The minimum atomic E-state index is -0.345. The molecular weight excluding hydrogens is 302 g/mol. The highest BCUT2D eigenvalue weighted by Crippen LogP contribution is 2.22. The number of nitrogen functional groups attached to an aromatic ring is 1. The molecule has 24 heavy (non-hydrogen) atoms. The first kappa shape index (κ1) is 14.1. The number of aromatic nitrogens is 3. The number of hydrogen-bond donors (Lipinski definition) is 2. The van der Waals surface area contributed by atoms with Crippen molar-refractivity contribution in [2.45, 2.75) is 0 Å². The van der Waals surface area contributed by atoms with E-state index in [0.29, 0.717) is 22.8 Å². The summed E-state index contributed by atoms with van der Waals surface area (Å²) in [5.41, 5.74) is 7.39. The van der Waals surface area contributed by atoms with Gasteiger partial charge in [0.2, 0.25) is 0 Å². The number of nitrogens with two attached hydrogens (primary N) is 1. The molecule has 0 bridgehead atoms. The highest BCUT2D eigenvalue weighted by Gasteiger charge is 2.11. The maximum atomic E-state index is 12.4. The molecule has 0 aliphatic rings. The summed E-state index contributed by atoms with van der Waals surface area (Å²) in [6, 6.07) is 16.4. The van der Waals surface area contributed by atoms with Gasteiger partial charge in [-0.2, -0.15) is 0 Å². The fourth-order valence-electron chi connectivity index (χ4n) is 2.55. The second-order valence-corrected chi connectivity index (χ2v) is 5.31. The van der Waals surface area contributed by atoms with Gasteiger partial charge >= 0.3 is 0 Å². The van der Waals surface area contributed by atoms with E-state index in [1.807, 2.05) is 30.3 Å². The van der Waals surface area contributed by atoms with Crippen molar-refractivity contribution in [3.63, 3.8) is 0 Å². The van der Waals surface area contributed by atoms with Crippen LogP contribution in [-0.4, -0.2) is 20.9 Å². The first-order valence-corrected chi connectivity index (χ1v) is 7.39. The number of hydrogen-bond acceptors (Lipinski definition) is 5. The SMILES string of the molecule is Nc1cccc(NC(=O)c2ccc3ccc4cccnc4c3n2)n1. The van der Waals surface area contributed by atoms with E-state index in [4.69, 9.17) is 5.73 Å². The maximum absolute atomic E-state index is 12.4. The molecule has 1 aromatic carbocycles. The highest BCUT2D eigenvalue weighted by molar-refractivity contribution is 6.07. The van der Waals surface area contributed by atoms with Gasteiger partial charge in [-0.05, 0) is 24.3 Å². The molecule has 0 spiro atoms. The molecule has 0 unspecified atom stereocenters. The average molecular weight is 315 g/mol. The largest absolute Gasteiger partial charge is 0.384 e. The molecule has 0 radical (unpaired) electrons. The summed E-state index contributed by atoms with van der Waals surface area (Å²) in [5.74, 6) is 0.385. The van der Waals surface area contributed by atoms with E-state index in [2.05, 4.69) is 20.3 Å². The highest BCUT2D eigenvalue weighted by atomic mass is 16.1. The Morgan fingerprint density at radius 3 is 2.50 bits per heavy atom. The van der Waals surface area contributed by atoms with E-state index < -0.39 is 0 Å². The molecule has 0 atom stereocenters. The van der Waals surface area contributed by atoms with Crippen molar-refractivity contribution in [3.05, 3.63) is 66.5 Å². The Balaban J connectivity index is 1.76. The Labute approximate surface area is 137 Å². The number of carbonyl (C=O) groups is 1. The van der Waals surface area contributed by atoms with Crippen molar-refractivity contribution in [3.8, 4) is 0 Å². The number of fused-ring (bicyclic) bond motifs is 3. The minimum Gasteiger partial charge on any atom is -0.384 e. The van der Waals surface area contributed by atoms with Crippen molar-refractivity contribution in [1.29, 1.82) is 0 Å². The van der Waals surface area contributed by atoms with E-state index in [9.17, 15) is 4.79 Å². The molecule has 0 aliphatic heterocycles. The Morgan fingerprint density at radius 2 is 1.67 bits per heavy atom. The first-order chi connectivity index (χ1) is 11.7. The first-order valence-electron chi connectivity index (χ1n) is 7.39. The molecule has 6 nitrogen and oxygen atoms in total. The maximum Gasteiger partial charge on any atom is 0.275 e. The minimum absolute atomic E-state index is 0.296. The number of nitrogens with one attached hydrogen (secondary N) is 1. The second kappa shape index (κ2) is 5.58. The predicted octanol–water partition coefficient (Wildman–Crippen LogP) is 3.01. The molecule has 0 aliphatic carbocycles. The number of benzene rings is 1. The van der Waals surface area contributed by atoms with Crippen LogP contribution in [0.15, 0.2) is 60.8 Å². The normalized spacial score (nSPS) is 10.8. The van der Waals surface area contributed by atoms with Crippen LogP contribution in [0.4, 0.5) is 11.6 Å². The number of amides is 1. The number of pyridine rings is 3. The molecule has 0 saturated heterocycles. The average Bonchev–Trinajstić information content (AvgIpc) is 2.61. The quantitative estimate of drug-likeness (QED) is 0.555. The molecule has 1 amide bonds. The molecule has 3 N–H and O–H groups in total. The summed E-state index contributed by atoms with van der Waals surface area (Å²) in [4.78, 5) is 25.4. The monoisotopic (exact) mass is 315 g/mol. The van der Waals surface area contributed by atoms with Crippen molar-refractivity contribution in [2.24, 2.45) is 0 Å². The lowest BCUT2D eigenvalue weighted by atomic mass is 10.1. The van der Waals surface area contributed by atoms with Crippen LogP contribution in [0, 0.1) is 0 Å². The van der Waals surface area contributed by atoms with Crippen LogP contribution in [0.3, 0.4) is 0 Å². The molecule has 116 valence electrons. The van der Waals surface area contributed by atoms with E-state index >= 15 is 0 Å². The van der Waals surface area contributed by atoms with Crippen molar-refractivity contribution >= 4 is 39.3 Å². The van der Waals surface area contributed by atoms with Crippen LogP contribution in [-0.2, 0) is 0 Å². The third-order valence-corrected chi connectivity index (χ3v) is 3.68. The number of anilines is 2. The molecule has 6 heteroatoms. The fraction of sp³-hybridized carbons (Fsp3) is 0. The van der Waals surface area contributed by atoms with E-state index in [1.54, 1.807) is 30.5 Å². The summed E-state index contributed by atoms with van der Waals surface area (Å²) in [6.45, 7) is 0. The molecule has 4 aromatic rings. The van der Waals surface area contributed by atoms with Gasteiger partial charge < -0.3 is 11.1 Å². The van der Waals surface area contributed by atoms with E-state index in [0.717, 1.165) is 16.3 Å². The Bertz CT molecular complexity index is 1080. The zero-order chi connectivity index (χ0) is 16.5. The van der Waals surface area contributed by atoms with Gasteiger partial charge in [-0.15, -0.1) is 0 Å². The van der Waals surface area contributed by atoms with Crippen LogP contribution < -0.4 is 11.1 Å². The standard InChI is InChI=1S/C18H13N5O/c19-14-4-1-5-15(22-14)23-18(24)13-9-8-12-7-6-11-3-2-10-20-16(11)17(12)21-13/h1-10H,(H3,19,22,23,24). The summed E-state index contributed by atoms with van der Waals surface area (Å²) in [7, 11) is 0. The molecule has 3 heterocycles. The van der Waals surface area contributed by atoms with Crippen LogP contribution >= 0.6 is 0 Å². The summed E-state index contributed by atoms with van der Waals surface area (Å²) in [6.07, 6.45) is 1.72.